The molecule has 0 aliphatic carbocycles. The van der Waals surface area contributed by atoms with Gasteiger partial charge in [0, 0.05) is 10.7 Å². The molecule has 0 aliphatic rings. The Balaban J connectivity index is 2.86. The Labute approximate surface area is 97.9 Å². The second kappa shape index (κ2) is 4.71. The van der Waals surface area contributed by atoms with Gasteiger partial charge in [-0.05, 0) is 25.0 Å². The first kappa shape index (κ1) is 12.8. The zero-order valence-electron chi connectivity index (χ0n) is 8.65. The van der Waals surface area contributed by atoms with Crippen molar-refractivity contribution < 1.29 is 17.9 Å². The molecule has 0 bridgehead atoms. The topological polar surface area (TPSA) is 72.5 Å². The molecule has 16 heavy (non-hydrogen) atoms. The smallest absolute Gasteiger partial charge is 0.409 e. The van der Waals surface area contributed by atoms with E-state index in [4.69, 9.17) is 15.4 Å². The molecule has 0 saturated carbocycles. The minimum atomic E-state index is -4.12. The van der Waals surface area contributed by atoms with Crippen molar-refractivity contribution in [1.82, 2.24) is 4.72 Å². The normalized spacial score (nSPS) is 10.9. The van der Waals surface area contributed by atoms with Crippen molar-refractivity contribution in [2.45, 2.75) is 13.8 Å². The molecular weight excluding hydrogens is 254 g/mol. The highest BCUT2D eigenvalue weighted by Crippen LogP contribution is 2.22. The van der Waals surface area contributed by atoms with E-state index in [0.717, 1.165) is 11.1 Å². The van der Waals surface area contributed by atoms with Crippen LogP contribution in [-0.4, -0.2) is 14.5 Å². The summed E-state index contributed by atoms with van der Waals surface area (Å²) in [4.78, 5) is 11.1. The summed E-state index contributed by atoms with van der Waals surface area (Å²) in [5.74, 6) is 0.320. The van der Waals surface area contributed by atoms with Gasteiger partial charge < -0.3 is 4.74 Å². The zero-order chi connectivity index (χ0) is 12.3. The van der Waals surface area contributed by atoms with Crippen LogP contribution in [0.4, 0.5) is 4.79 Å². The molecule has 0 unspecified atom stereocenters. The maximum absolute atomic E-state index is 11.1. The maximum Gasteiger partial charge on any atom is 0.427 e. The van der Waals surface area contributed by atoms with Crippen LogP contribution in [0, 0.1) is 13.8 Å². The summed E-state index contributed by atoms with van der Waals surface area (Å²) in [5, 5.41) is 0. The van der Waals surface area contributed by atoms with Crippen molar-refractivity contribution in [2.75, 3.05) is 0 Å². The Morgan fingerprint density at radius 1 is 1.31 bits per heavy atom. The number of rotatable bonds is 2. The molecule has 88 valence electrons. The Kier molecular flexibility index (Phi) is 3.77. The van der Waals surface area contributed by atoms with E-state index in [1.54, 1.807) is 32.0 Å². The van der Waals surface area contributed by atoms with Crippen LogP contribution in [0.15, 0.2) is 18.2 Å². The van der Waals surface area contributed by atoms with Crippen LogP contribution < -0.4 is 9.46 Å². The number of amides is 1. The Hall–Kier alpha value is -1.27. The van der Waals surface area contributed by atoms with Crippen molar-refractivity contribution in [3.8, 4) is 5.75 Å². The molecule has 1 aromatic carbocycles. The van der Waals surface area contributed by atoms with Gasteiger partial charge in [-0.25, -0.2) is 9.52 Å². The van der Waals surface area contributed by atoms with Gasteiger partial charge in [-0.1, -0.05) is 18.2 Å². The third-order valence-electron chi connectivity index (χ3n) is 1.81. The Morgan fingerprint density at radius 2 is 1.81 bits per heavy atom. The minimum Gasteiger partial charge on any atom is -0.409 e. The van der Waals surface area contributed by atoms with E-state index in [0.29, 0.717) is 5.75 Å². The number of nitrogens with one attached hydrogen (secondary N) is 1. The molecule has 0 spiro atoms. The number of hydrogen-bond acceptors (Lipinski definition) is 4. The minimum absolute atomic E-state index is 0.320. The fourth-order valence-corrected chi connectivity index (χ4v) is 1.60. The van der Waals surface area contributed by atoms with Crippen LogP contribution in [-0.2, 0) is 9.24 Å². The van der Waals surface area contributed by atoms with Crippen LogP contribution in [0.1, 0.15) is 11.1 Å². The predicted molar refractivity (Wildman–Crippen MR) is 59.8 cm³/mol. The fourth-order valence-electron chi connectivity index (χ4n) is 1.17. The third kappa shape index (κ3) is 3.71. The predicted octanol–water partition coefficient (Wildman–Crippen LogP) is 1.88. The lowest BCUT2D eigenvalue weighted by molar-refractivity contribution is 0.206. The van der Waals surface area contributed by atoms with Crippen LogP contribution in [0.3, 0.4) is 0 Å². The molecule has 0 fully saturated rings. The summed E-state index contributed by atoms with van der Waals surface area (Å²) in [6.07, 6.45) is -1.13. The molecule has 1 N–H and O–H groups in total. The quantitative estimate of drug-likeness (QED) is 0.827. The highest BCUT2D eigenvalue weighted by atomic mass is 35.7. The molecule has 7 heteroatoms. The number of halogens is 1. The van der Waals surface area contributed by atoms with Crippen molar-refractivity contribution in [3.63, 3.8) is 0 Å². The highest BCUT2D eigenvalue weighted by Gasteiger charge is 2.14. The van der Waals surface area contributed by atoms with Crippen molar-refractivity contribution in [1.29, 1.82) is 0 Å². The average molecular weight is 264 g/mol. The first-order valence-electron chi connectivity index (χ1n) is 4.30. The molecular formula is C9H10ClNO4S. The number of carbonyl (C=O) groups is 1. The monoisotopic (exact) mass is 263 g/mol. The van der Waals surface area contributed by atoms with Gasteiger partial charge in [0.2, 0.25) is 0 Å². The summed E-state index contributed by atoms with van der Waals surface area (Å²) >= 11 is 0. The summed E-state index contributed by atoms with van der Waals surface area (Å²) in [7, 11) is 0.713. The molecule has 0 saturated heterocycles. The molecule has 0 aliphatic heterocycles. The van der Waals surface area contributed by atoms with Crippen LogP contribution >= 0.6 is 10.7 Å². The number of para-hydroxylation sites is 1. The highest BCUT2D eigenvalue weighted by molar-refractivity contribution is 8.12. The van der Waals surface area contributed by atoms with E-state index in [2.05, 4.69) is 0 Å². The first-order valence-corrected chi connectivity index (χ1v) is 6.61. The van der Waals surface area contributed by atoms with E-state index in [1.165, 1.54) is 4.72 Å². The maximum atomic E-state index is 11.1. The van der Waals surface area contributed by atoms with Gasteiger partial charge in [0.15, 0.2) is 0 Å². The SMILES string of the molecule is Cc1cccc(C)c1OC(=O)NS(=O)(=O)Cl. The number of carbonyl (C=O) groups excluding carboxylic acids is 1. The lowest BCUT2D eigenvalue weighted by Gasteiger charge is -2.09. The van der Waals surface area contributed by atoms with Crippen LogP contribution in [0.5, 0.6) is 5.75 Å². The first-order chi connectivity index (χ1) is 7.29. The summed E-state index contributed by atoms with van der Waals surface area (Å²) in [5.41, 5.74) is 1.45. The summed E-state index contributed by atoms with van der Waals surface area (Å²) in [6, 6.07) is 5.28. The molecule has 0 radical (unpaired) electrons. The number of ether oxygens (including phenoxy) is 1. The zero-order valence-corrected chi connectivity index (χ0v) is 10.2. The Morgan fingerprint density at radius 3 is 2.25 bits per heavy atom. The standard InChI is InChI=1S/C9H10ClNO4S/c1-6-4-3-5-7(2)8(6)15-9(12)11-16(10,13)14/h3-5H,1-2H3,(H,11,12). The van der Waals surface area contributed by atoms with Gasteiger partial charge in [-0.2, -0.15) is 8.42 Å². The van der Waals surface area contributed by atoms with Crippen molar-refractivity contribution >= 4 is 26.0 Å². The molecule has 1 aromatic rings. The van der Waals surface area contributed by atoms with Gasteiger partial charge in [0.25, 0.3) is 0 Å². The average Bonchev–Trinajstić information content (AvgIpc) is 2.08. The molecule has 0 atom stereocenters. The van der Waals surface area contributed by atoms with E-state index >= 15 is 0 Å². The number of benzene rings is 1. The third-order valence-corrected chi connectivity index (χ3v) is 2.45. The molecule has 0 heterocycles. The van der Waals surface area contributed by atoms with E-state index in [1.807, 2.05) is 0 Å². The number of aryl methyl sites for hydroxylation is 2. The lowest BCUT2D eigenvalue weighted by atomic mass is 10.1. The number of hydrogen-bond donors (Lipinski definition) is 1. The fraction of sp³-hybridized carbons (Fsp3) is 0.222. The lowest BCUT2D eigenvalue weighted by Crippen LogP contribution is -2.29. The van der Waals surface area contributed by atoms with Gasteiger partial charge in [0.05, 0.1) is 0 Å². The molecule has 5 nitrogen and oxygen atoms in total. The van der Waals surface area contributed by atoms with Crippen LogP contribution in [0.25, 0.3) is 0 Å². The molecule has 1 rings (SSSR count). The van der Waals surface area contributed by atoms with E-state index < -0.39 is 15.3 Å². The second-order valence-corrected chi connectivity index (χ2v) is 5.45. The van der Waals surface area contributed by atoms with Gasteiger partial charge in [-0.15, -0.1) is 0 Å². The second-order valence-electron chi connectivity index (χ2n) is 3.15. The molecule has 1 amide bonds. The summed E-state index contributed by atoms with van der Waals surface area (Å²) < 4.78 is 27.4. The van der Waals surface area contributed by atoms with Gasteiger partial charge in [-0.3, -0.25) is 0 Å². The van der Waals surface area contributed by atoms with E-state index in [9.17, 15) is 13.2 Å². The van der Waals surface area contributed by atoms with E-state index in [-0.39, 0.29) is 0 Å². The van der Waals surface area contributed by atoms with Crippen molar-refractivity contribution in [2.24, 2.45) is 0 Å². The van der Waals surface area contributed by atoms with Crippen LogP contribution in [0.2, 0.25) is 0 Å². The molecule has 0 aromatic heterocycles. The van der Waals surface area contributed by atoms with Crippen molar-refractivity contribution in [3.05, 3.63) is 29.3 Å². The van der Waals surface area contributed by atoms with Gasteiger partial charge >= 0.3 is 15.3 Å². The largest absolute Gasteiger partial charge is 0.427 e. The summed E-state index contributed by atoms with van der Waals surface area (Å²) in [6.45, 7) is 3.48. The van der Waals surface area contributed by atoms with Gasteiger partial charge in [0.1, 0.15) is 5.75 Å². The Bertz CT molecular complexity index is 492.